The molecule has 0 atom stereocenters. The maximum absolute atomic E-state index is 11.5. The Morgan fingerprint density at radius 2 is 2.21 bits per heavy atom. The molecule has 0 unspecified atom stereocenters. The van der Waals surface area contributed by atoms with Crippen molar-refractivity contribution in [2.45, 2.75) is 13.0 Å². The standard InChI is InChI=1S/C11H17N4O3P/c1-15(3-2-4-19(17)18)6-8-5-12-10-9(8)13-7-14-11(10)16/h5,7,12,17-18H,2-4,6H2,1H3,(H,13,14,16). The minimum atomic E-state index is -1.80. The molecule has 0 radical (unpaired) electrons. The lowest BCUT2D eigenvalue weighted by molar-refractivity contribution is 0.327. The molecule has 0 saturated heterocycles. The van der Waals surface area contributed by atoms with Crippen LogP contribution in [0.3, 0.4) is 0 Å². The summed E-state index contributed by atoms with van der Waals surface area (Å²) in [6.45, 7) is 1.42. The van der Waals surface area contributed by atoms with Gasteiger partial charge in [-0.2, -0.15) is 0 Å². The van der Waals surface area contributed by atoms with Gasteiger partial charge in [0.2, 0.25) is 0 Å². The molecule has 2 heterocycles. The van der Waals surface area contributed by atoms with Crippen molar-refractivity contribution < 1.29 is 9.79 Å². The number of aromatic nitrogens is 3. The monoisotopic (exact) mass is 284 g/mol. The molecule has 7 nitrogen and oxygen atoms in total. The van der Waals surface area contributed by atoms with E-state index in [1.807, 2.05) is 7.05 Å². The zero-order valence-corrected chi connectivity index (χ0v) is 11.5. The predicted molar refractivity (Wildman–Crippen MR) is 73.9 cm³/mol. The second-order valence-corrected chi connectivity index (χ2v) is 5.65. The molecule has 0 fully saturated rings. The maximum Gasteiger partial charge on any atom is 0.275 e. The number of rotatable bonds is 6. The molecule has 0 aliphatic rings. The average molecular weight is 284 g/mol. The first-order valence-corrected chi connectivity index (χ1v) is 7.38. The van der Waals surface area contributed by atoms with Gasteiger partial charge in [0, 0.05) is 24.5 Å². The van der Waals surface area contributed by atoms with Gasteiger partial charge in [0.1, 0.15) is 5.52 Å². The van der Waals surface area contributed by atoms with Gasteiger partial charge in [0.15, 0.2) is 8.38 Å². The molecular weight excluding hydrogens is 267 g/mol. The Morgan fingerprint density at radius 3 is 2.95 bits per heavy atom. The summed E-state index contributed by atoms with van der Waals surface area (Å²) >= 11 is 0. The molecule has 0 spiro atoms. The van der Waals surface area contributed by atoms with E-state index in [2.05, 4.69) is 19.9 Å². The van der Waals surface area contributed by atoms with Crippen LogP contribution in [0.2, 0.25) is 0 Å². The van der Waals surface area contributed by atoms with Gasteiger partial charge < -0.3 is 24.7 Å². The number of nitrogens with one attached hydrogen (secondary N) is 2. The van der Waals surface area contributed by atoms with Crippen LogP contribution < -0.4 is 5.56 Å². The van der Waals surface area contributed by atoms with E-state index < -0.39 is 8.38 Å². The molecular formula is C11H17N4O3P. The normalized spacial score (nSPS) is 11.8. The quantitative estimate of drug-likeness (QED) is 0.574. The number of hydrogen-bond acceptors (Lipinski definition) is 5. The number of H-pyrrole nitrogens is 2. The van der Waals surface area contributed by atoms with Crippen molar-refractivity contribution in [1.29, 1.82) is 0 Å². The molecule has 0 amide bonds. The van der Waals surface area contributed by atoms with Crippen LogP contribution in [-0.4, -0.2) is 49.4 Å². The Bertz CT molecular complexity index is 595. The highest BCUT2D eigenvalue weighted by Gasteiger charge is 2.10. The predicted octanol–water partition coefficient (Wildman–Crippen LogP) is 0.370. The maximum atomic E-state index is 11.5. The smallest absolute Gasteiger partial charge is 0.275 e. The Hall–Kier alpha value is -1.27. The third-order valence-electron chi connectivity index (χ3n) is 2.89. The number of nitrogens with zero attached hydrogens (tertiary/aromatic N) is 2. The molecule has 104 valence electrons. The topological polar surface area (TPSA) is 105 Å². The Balaban J connectivity index is 2.01. The average Bonchev–Trinajstić information content (AvgIpc) is 2.73. The fourth-order valence-electron chi connectivity index (χ4n) is 1.98. The van der Waals surface area contributed by atoms with Gasteiger partial charge in [-0.25, -0.2) is 4.98 Å². The first-order valence-electron chi connectivity index (χ1n) is 5.95. The second-order valence-electron chi connectivity index (χ2n) is 4.46. The van der Waals surface area contributed by atoms with Crippen molar-refractivity contribution in [3.63, 3.8) is 0 Å². The summed E-state index contributed by atoms with van der Waals surface area (Å²) in [5.74, 6) is 0. The molecule has 0 aliphatic heterocycles. The van der Waals surface area contributed by atoms with Crippen LogP contribution in [0.5, 0.6) is 0 Å². The molecule has 0 bridgehead atoms. The van der Waals surface area contributed by atoms with E-state index >= 15 is 0 Å². The third kappa shape index (κ3) is 3.61. The Kier molecular flexibility index (Phi) is 4.66. The van der Waals surface area contributed by atoms with Crippen molar-refractivity contribution in [3.8, 4) is 0 Å². The van der Waals surface area contributed by atoms with Crippen LogP contribution in [-0.2, 0) is 6.54 Å². The summed E-state index contributed by atoms with van der Waals surface area (Å²) in [4.78, 5) is 40.9. The van der Waals surface area contributed by atoms with E-state index in [1.165, 1.54) is 6.33 Å². The molecule has 19 heavy (non-hydrogen) atoms. The van der Waals surface area contributed by atoms with Crippen molar-refractivity contribution in [2.24, 2.45) is 0 Å². The van der Waals surface area contributed by atoms with E-state index in [9.17, 15) is 4.79 Å². The summed E-state index contributed by atoms with van der Waals surface area (Å²) in [7, 11) is 0.143. The minimum Gasteiger partial charge on any atom is -0.355 e. The van der Waals surface area contributed by atoms with Gasteiger partial charge in [-0.15, -0.1) is 0 Å². The van der Waals surface area contributed by atoms with Gasteiger partial charge in [-0.1, -0.05) is 0 Å². The summed E-state index contributed by atoms with van der Waals surface area (Å²) < 4.78 is 0. The highest BCUT2D eigenvalue weighted by molar-refractivity contribution is 7.45. The number of hydrogen-bond donors (Lipinski definition) is 4. The van der Waals surface area contributed by atoms with Gasteiger partial charge in [0.05, 0.1) is 11.8 Å². The number of fused-ring (bicyclic) bond motifs is 1. The second kappa shape index (κ2) is 6.25. The van der Waals surface area contributed by atoms with E-state index in [-0.39, 0.29) is 5.56 Å². The van der Waals surface area contributed by atoms with Crippen LogP contribution in [0, 0.1) is 0 Å². The van der Waals surface area contributed by atoms with Crippen LogP contribution >= 0.6 is 8.38 Å². The van der Waals surface area contributed by atoms with Crippen LogP contribution in [0.1, 0.15) is 12.0 Å². The van der Waals surface area contributed by atoms with Gasteiger partial charge in [0.25, 0.3) is 5.56 Å². The highest BCUT2D eigenvalue weighted by Crippen LogP contribution is 2.23. The summed E-state index contributed by atoms with van der Waals surface area (Å²) in [5, 5.41) is 0. The lowest BCUT2D eigenvalue weighted by atomic mass is 10.2. The summed E-state index contributed by atoms with van der Waals surface area (Å²) in [6, 6.07) is 0. The summed E-state index contributed by atoms with van der Waals surface area (Å²) in [5.41, 5.74) is 1.95. The molecule has 2 aromatic heterocycles. The molecule has 0 aliphatic carbocycles. The van der Waals surface area contributed by atoms with Crippen LogP contribution in [0.4, 0.5) is 0 Å². The van der Waals surface area contributed by atoms with Crippen molar-refractivity contribution in [3.05, 3.63) is 28.4 Å². The lowest BCUT2D eigenvalue weighted by Crippen LogP contribution is -2.19. The molecule has 0 aromatic carbocycles. The van der Waals surface area contributed by atoms with E-state index in [1.54, 1.807) is 6.20 Å². The van der Waals surface area contributed by atoms with Crippen LogP contribution in [0.25, 0.3) is 11.0 Å². The Labute approximate surface area is 111 Å². The van der Waals surface area contributed by atoms with Crippen LogP contribution in [0.15, 0.2) is 17.3 Å². The lowest BCUT2D eigenvalue weighted by Gasteiger charge is -2.15. The molecule has 4 N–H and O–H groups in total. The van der Waals surface area contributed by atoms with Gasteiger partial charge >= 0.3 is 0 Å². The summed E-state index contributed by atoms with van der Waals surface area (Å²) in [6.07, 6.45) is 4.33. The Morgan fingerprint density at radius 1 is 1.42 bits per heavy atom. The van der Waals surface area contributed by atoms with Crippen molar-refractivity contribution in [1.82, 2.24) is 19.9 Å². The zero-order chi connectivity index (χ0) is 13.8. The molecule has 2 rings (SSSR count). The molecule has 2 aromatic rings. The minimum absolute atomic E-state index is 0.176. The van der Waals surface area contributed by atoms with E-state index in [0.717, 1.165) is 18.5 Å². The zero-order valence-electron chi connectivity index (χ0n) is 10.6. The fraction of sp³-hybridized carbons (Fsp3) is 0.455. The molecule has 8 heteroatoms. The first kappa shape index (κ1) is 14.1. The van der Waals surface area contributed by atoms with Gasteiger partial charge in [-0.3, -0.25) is 4.79 Å². The van der Waals surface area contributed by atoms with E-state index in [0.29, 0.717) is 23.7 Å². The van der Waals surface area contributed by atoms with Crippen molar-refractivity contribution in [2.75, 3.05) is 19.8 Å². The first-order chi connectivity index (χ1) is 9.08. The largest absolute Gasteiger partial charge is 0.355 e. The fourth-order valence-corrected chi connectivity index (χ4v) is 2.40. The highest BCUT2D eigenvalue weighted by atomic mass is 31.2. The van der Waals surface area contributed by atoms with Crippen molar-refractivity contribution >= 4 is 19.4 Å². The van der Waals surface area contributed by atoms with Gasteiger partial charge in [-0.05, 0) is 20.0 Å². The number of aromatic amines is 2. The third-order valence-corrected chi connectivity index (χ3v) is 3.60. The van der Waals surface area contributed by atoms with E-state index in [4.69, 9.17) is 9.79 Å². The SMILES string of the molecule is CN(CCCP(O)O)Cc1c[nH]c2c(=O)[nH]cnc12. The molecule has 0 saturated carbocycles.